The number of carbonyl (C=O) groups is 2. The van der Waals surface area contributed by atoms with E-state index in [1.807, 2.05) is 19.4 Å². The average molecular weight is 873 g/mol. The van der Waals surface area contributed by atoms with E-state index in [2.05, 4.69) is 78.7 Å². The Bertz CT molecular complexity index is 2750. The molecule has 14 nitrogen and oxygen atoms in total. The average Bonchev–Trinajstić information content (AvgIpc) is 4.09. The second-order valence-electron chi connectivity index (χ2n) is 15.8. The van der Waals surface area contributed by atoms with Gasteiger partial charge in [0, 0.05) is 22.2 Å². The predicted molar refractivity (Wildman–Crippen MR) is 244 cm³/mol. The Balaban J connectivity index is 0.000000158. The highest BCUT2D eigenvalue weighted by molar-refractivity contribution is 7.19. The van der Waals surface area contributed by atoms with E-state index >= 15 is 0 Å². The summed E-state index contributed by atoms with van der Waals surface area (Å²) in [6.45, 7) is 9.10. The number of aryl methyl sites for hydroxylation is 2. The number of hydrogen-bond acceptors (Lipinski definition) is 15. The van der Waals surface area contributed by atoms with E-state index < -0.39 is 5.97 Å². The molecule has 2 aliphatic carbocycles. The first-order valence-corrected chi connectivity index (χ1v) is 23.0. The molecule has 10 rings (SSSR count). The number of nitrogens with one attached hydrogen (secondary N) is 2. The Morgan fingerprint density at radius 2 is 1.21 bits per heavy atom. The van der Waals surface area contributed by atoms with Gasteiger partial charge in [-0.25, -0.2) is 19.9 Å². The van der Waals surface area contributed by atoms with Crippen LogP contribution in [0.5, 0.6) is 11.5 Å². The summed E-state index contributed by atoms with van der Waals surface area (Å²) in [6, 6.07) is 8.27. The van der Waals surface area contributed by atoms with Crippen LogP contribution in [-0.2, 0) is 53.1 Å². The summed E-state index contributed by atoms with van der Waals surface area (Å²) in [4.78, 5) is 54.7. The maximum absolute atomic E-state index is 12.3. The molecule has 0 saturated carbocycles. The molecule has 0 radical (unpaired) electrons. The van der Waals surface area contributed by atoms with Gasteiger partial charge in [-0.2, -0.15) is 0 Å². The summed E-state index contributed by atoms with van der Waals surface area (Å²) in [5.41, 5.74) is 8.68. The Morgan fingerprint density at radius 1 is 0.710 bits per heavy atom. The lowest BCUT2D eigenvalue weighted by atomic mass is 9.88. The van der Waals surface area contributed by atoms with Gasteiger partial charge in [-0.05, 0) is 116 Å². The molecule has 2 aliphatic heterocycles. The number of anilines is 4. The summed E-state index contributed by atoms with van der Waals surface area (Å²) in [5, 5.41) is 18.4. The van der Waals surface area contributed by atoms with Crippen LogP contribution in [-0.4, -0.2) is 69.2 Å². The van der Waals surface area contributed by atoms with Gasteiger partial charge in [-0.1, -0.05) is 13.8 Å². The zero-order chi connectivity index (χ0) is 42.7. The molecule has 2 aromatic carbocycles. The third kappa shape index (κ3) is 8.32. The van der Waals surface area contributed by atoms with E-state index in [0.29, 0.717) is 52.2 Å². The minimum Gasteiger partial charge on any atom is -0.491 e. The number of nitrogens with zero attached hydrogens (tertiary/aromatic N) is 6. The van der Waals surface area contributed by atoms with E-state index in [1.54, 1.807) is 35.3 Å². The maximum atomic E-state index is 12.3. The standard InChI is InChI=1S/C24H26N4O3S.C22H22N4O3S/c1-3-7-31-19-9-16-12-25-11-15(16)8-18(19)28-22-21-17-6-5-14(24(29)30-4-2)10-20(17)32-23(21)27-13-26-22;1-2-5-29-17-7-14-10-23-9-13(14)6-16(17)26-20-19-15-4-3-12(22(27)28)8-18(15)30-21(19)25-11-24-20/h8-9,11,13-14H,3-7,10,12H2,1-2H3,(H,26,27,28);6-7,9,11-12H,2-5,8,10H2,1H3,(H,27,28)(H,24,25,26)/t14-;12-/m00/s1. The van der Waals surface area contributed by atoms with Crippen LogP contribution in [0.3, 0.4) is 0 Å². The van der Waals surface area contributed by atoms with Crippen LogP contribution in [0.25, 0.3) is 20.4 Å². The van der Waals surface area contributed by atoms with E-state index in [9.17, 15) is 14.7 Å². The third-order valence-corrected chi connectivity index (χ3v) is 13.9. The quantitative estimate of drug-likeness (QED) is 0.0938. The number of hydrogen-bond donors (Lipinski definition) is 3. The number of carboxylic acid groups (broad SMARTS) is 1. The number of esters is 1. The second-order valence-corrected chi connectivity index (χ2v) is 17.9. The number of thiophene rings is 2. The highest BCUT2D eigenvalue weighted by atomic mass is 32.1. The first-order chi connectivity index (χ1) is 30.3. The minimum absolute atomic E-state index is 0.0788. The van der Waals surface area contributed by atoms with Crippen molar-refractivity contribution in [2.45, 2.75) is 85.2 Å². The Morgan fingerprint density at radius 3 is 1.69 bits per heavy atom. The number of rotatable bonds is 13. The van der Waals surface area contributed by atoms with Gasteiger partial charge in [0.2, 0.25) is 0 Å². The zero-order valence-electron chi connectivity index (χ0n) is 35.0. The van der Waals surface area contributed by atoms with Gasteiger partial charge in [0.25, 0.3) is 0 Å². The molecule has 0 amide bonds. The van der Waals surface area contributed by atoms with Crippen LogP contribution >= 0.6 is 22.7 Å². The van der Waals surface area contributed by atoms with Gasteiger partial charge in [0.15, 0.2) is 0 Å². The minimum atomic E-state index is -0.722. The first kappa shape index (κ1) is 41.4. The summed E-state index contributed by atoms with van der Waals surface area (Å²) in [7, 11) is 0. The Kier molecular flexibility index (Phi) is 12.1. The lowest BCUT2D eigenvalue weighted by Crippen LogP contribution is -2.23. The summed E-state index contributed by atoms with van der Waals surface area (Å²) >= 11 is 3.23. The number of benzene rings is 2. The maximum Gasteiger partial charge on any atom is 0.309 e. The van der Waals surface area contributed by atoms with Gasteiger partial charge >= 0.3 is 11.9 Å². The van der Waals surface area contributed by atoms with E-state index in [-0.39, 0.29) is 17.8 Å². The smallest absolute Gasteiger partial charge is 0.309 e. The van der Waals surface area contributed by atoms with Crippen molar-refractivity contribution in [1.82, 2.24) is 19.9 Å². The number of carbonyl (C=O) groups excluding carboxylic acids is 1. The van der Waals surface area contributed by atoms with Crippen molar-refractivity contribution in [1.29, 1.82) is 0 Å². The van der Waals surface area contributed by atoms with Crippen molar-refractivity contribution in [2.24, 2.45) is 21.8 Å². The molecule has 3 N–H and O–H groups in total. The molecule has 16 heteroatoms. The van der Waals surface area contributed by atoms with Crippen molar-refractivity contribution in [2.75, 3.05) is 30.5 Å². The topological polar surface area (TPSA) is 182 Å². The molecule has 0 saturated heterocycles. The fraction of sp³-hybridized carbons (Fsp3) is 0.391. The predicted octanol–water partition coefficient (Wildman–Crippen LogP) is 9.17. The molecule has 0 spiro atoms. The third-order valence-electron chi connectivity index (χ3n) is 11.6. The summed E-state index contributed by atoms with van der Waals surface area (Å²) in [5.74, 6) is 1.90. The molecule has 320 valence electrons. The fourth-order valence-electron chi connectivity index (χ4n) is 8.47. The molecule has 6 aromatic rings. The molecular weight excluding hydrogens is 825 g/mol. The monoisotopic (exact) mass is 872 g/mol. The molecule has 6 heterocycles. The number of ether oxygens (including phenoxy) is 3. The number of aliphatic imine (C=N–C) groups is 2. The SMILES string of the molecule is CCCOc1cc2c(cc1Nc1ncnc3sc4c(c13)CC[C@H](C(=O)O)C4)C=NC2.CCCOc1cc2c(cc1Nc1ncnc3sc4c(c13)CC[C@H](C(=O)OCC)C4)C=NC2. The second kappa shape index (κ2) is 18.2. The van der Waals surface area contributed by atoms with Crippen LogP contribution in [0.2, 0.25) is 0 Å². The van der Waals surface area contributed by atoms with Crippen LogP contribution in [0.15, 0.2) is 46.9 Å². The van der Waals surface area contributed by atoms with Crippen molar-refractivity contribution in [3.63, 3.8) is 0 Å². The van der Waals surface area contributed by atoms with E-state index in [4.69, 9.17) is 14.2 Å². The normalized spacial score (nSPS) is 16.8. The van der Waals surface area contributed by atoms with Crippen molar-refractivity contribution in [3.05, 3.63) is 80.1 Å². The van der Waals surface area contributed by atoms with E-state index in [1.165, 1.54) is 21.6 Å². The van der Waals surface area contributed by atoms with Gasteiger partial charge in [-0.15, -0.1) is 22.7 Å². The number of carboxylic acids is 1. The van der Waals surface area contributed by atoms with Gasteiger partial charge in [0.05, 0.1) is 66.9 Å². The molecule has 0 fully saturated rings. The van der Waals surface area contributed by atoms with Gasteiger partial charge < -0.3 is 30.0 Å². The first-order valence-electron chi connectivity index (χ1n) is 21.3. The van der Waals surface area contributed by atoms with Crippen molar-refractivity contribution in [3.8, 4) is 11.5 Å². The molecule has 0 unspecified atom stereocenters. The Hall–Kier alpha value is -6.00. The number of aliphatic carboxylic acids is 1. The molecule has 4 aliphatic rings. The van der Waals surface area contributed by atoms with Crippen molar-refractivity contribution >= 4 is 90.5 Å². The van der Waals surface area contributed by atoms with Crippen LogP contribution in [0.4, 0.5) is 23.0 Å². The van der Waals surface area contributed by atoms with Crippen molar-refractivity contribution < 1.29 is 28.9 Å². The lowest BCUT2D eigenvalue weighted by Gasteiger charge is -2.21. The Labute approximate surface area is 366 Å². The highest BCUT2D eigenvalue weighted by Gasteiger charge is 2.31. The fourth-order valence-corrected chi connectivity index (χ4v) is 11.0. The van der Waals surface area contributed by atoms with E-state index in [0.717, 1.165) is 109 Å². The molecular formula is C46H48N8O6S2. The summed E-state index contributed by atoms with van der Waals surface area (Å²) < 4.78 is 17.3. The number of aromatic nitrogens is 4. The summed E-state index contributed by atoms with van der Waals surface area (Å²) in [6.07, 6.45) is 13.0. The molecule has 0 bridgehead atoms. The molecule has 62 heavy (non-hydrogen) atoms. The number of fused-ring (bicyclic) bond motifs is 8. The lowest BCUT2D eigenvalue weighted by molar-refractivity contribution is -0.148. The highest BCUT2D eigenvalue weighted by Crippen LogP contribution is 2.44. The molecule has 2 atom stereocenters. The van der Waals surface area contributed by atoms with Crippen LogP contribution < -0.4 is 20.1 Å². The molecule has 4 aromatic heterocycles. The zero-order valence-corrected chi connectivity index (χ0v) is 36.6. The van der Waals surface area contributed by atoms with Gasteiger partial charge in [0.1, 0.15) is 45.5 Å². The largest absolute Gasteiger partial charge is 0.491 e. The van der Waals surface area contributed by atoms with Gasteiger partial charge in [-0.3, -0.25) is 19.6 Å². The van der Waals surface area contributed by atoms with Crippen LogP contribution in [0, 0.1) is 11.8 Å². The van der Waals surface area contributed by atoms with Crippen LogP contribution in [0.1, 0.15) is 89.6 Å².